The van der Waals surface area contributed by atoms with Crippen molar-refractivity contribution in [3.05, 3.63) is 0 Å². The van der Waals surface area contributed by atoms with Crippen LogP contribution in [-0.2, 0) is 9.59 Å². The van der Waals surface area contributed by atoms with Gasteiger partial charge in [0.1, 0.15) is 5.92 Å². The number of carbonyl (C=O) groups excluding carboxylic acids is 1. The Kier molecular flexibility index (Phi) is 3.61. The van der Waals surface area contributed by atoms with E-state index in [1.54, 1.807) is 4.90 Å². The highest BCUT2D eigenvalue weighted by Crippen LogP contribution is 2.33. The summed E-state index contributed by atoms with van der Waals surface area (Å²) in [6, 6.07) is 0. The Balaban J connectivity index is 2.60. The molecule has 0 spiro atoms. The van der Waals surface area contributed by atoms with Crippen LogP contribution >= 0.6 is 0 Å². The van der Waals surface area contributed by atoms with Crippen LogP contribution in [0.4, 0.5) is 0 Å². The monoisotopic (exact) mass is 227 g/mol. The van der Waals surface area contributed by atoms with E-state index in [9.17, 15) is 9.59 Å². The average Bonchev–Trinajstić information content (AvgIpc) is 2.63. The molecule has 1 aliphatic heterocycles. The van der Waals surface area contributed by atoms with E-state index in [0.717, 1.165) is 6.42 Å². The summed E-state index contributed by atoms with van der Waals surface area (Å²) in [7, 11) is 0. The molecule has 1 fully saturated rings. The normalized spacial score (nSPS) is 23.2. The second-order valence-corrected chi connectivity index (χ2v) is 5.70. The minimum atomic E-state index is -1.04. The zero-order valence-electron chi connectivity index (χ0n) is 10.5. The van der Waals surface area contributed by atoms with Crippen LogP contribution in [0.1, 0.15) is 34.1 Å². The largest absolute Gasteiger partial charge is 0.481 e. The van der Waals surface area contributed by atoms with Crippen molar-refractivity contribution in [2.45, 2.75) is 34.1 Å². The summed E-state index contributed by atoms with van der Waals surface area (Å²) >= 11 is 0. The van der Waals surface area contributed by atoms with E-state index < -0.39 is 11.9 Å². The number of hydrogen-bond donors (Lipinski definition) is 1. The van der Waals surface area contributed by atoms with Crippen molar-refractivity contribution >= 4 is 11.9 Å². The molecule has 1 saturated heterocycles. The highest BCUT2D eigenvalue weighted by Gasteiger charge is 2.36. The zero-order chi connectivity index (χ0) is 12.5. The Bertz CT molecular complexity index is 293. The van der Waals surface area contributed by atoms with Crippen LogP contribution in [0.25, 0.3) is 0 Å². The van der Waals surface area contributed by atoms with Crippen LogP contribution in [0, 0.1) is 17.3 Å². The van der Waals surface area contributed by atoms with Crippen LogP contribution in [0.3, 0.4) is 0 Å². The molecule has 92 valence electrons. The molecule has 1 amide bonds. The van der Waals surface area contributed by atoms with Gasteiger partial charge in [0, 0.05) is 13.1 Å². The van der Waals surface area contributed by atoms with Crippen molar-refractivity contribution in [2.75, 3.05) is 13.1 Å². The molecule has 2 unspecified atom stereocenters. The number of rotatable bonds is 2. The lowest BCUT2D eigenvalue weighted by Gasteiger charge is -2.27. The first-order valence-corrected chi connectivity index (χ1v) is 5.75. The fourth-order valence-electron chi connectivity index (χ4n) is 2.05. The van der Waals surface area contributed by atoms with Gasteiger partial charge in [-0.1, -0.05) is 20.8 Å². The van der Waals surface area contributed by atoms with Gasteiger partial charge in [0.05, 0.1) is 0 Å². The Morgan fingerprint density at radius 2 is 1.94 bits per heavy atom. The maximum absolute atomic E-state index is 11.8. The third-order valence-electron chi connectivity index (χ3n) is 3.47. The maximum Gasteiger partial charge on any atom is 0.315 e. The highest BCUT2D eigenvalue weighted by molar-refractivity contribution is 5.96. The Hall–Kier alpha value is -1.06. The predicted octanol–water partition coefficient (Wildman–Crippen LogP) is 1.60. The number of carboxylic acids is 1. The standard InChI is InChI=1S/C12H21NO3/c1-8(11(15)16)10(14)13-6-5-9(7-13)12(2,3)4/h8-9H,5-7H2,1-4H3,(H,15,16). The summed E-state index contributed by atoms with van der Waals surface area (Å²) in [4.78, 5) is 24.2. The predicted molar refractivity (Wildman–Crippen MR) is 60.9 cm³/mol. The number of hydrogen-bond acceptors (Lipinski definition) is 2. The fourth-order valence-corrected chi connectivity index (χ4v) is 2.05. The van der Waals surface area contributed by atoms with Gasteiger partial charge in [-0.2, -0.15) is 0 Å². The Labute approximate surface area is 96.6 Å². The summed E-state index contributed by atoms with van der Waals surface area (Å²) in [5, 5.41) is 8.79. The van der Waals surface area contributed by atoms with E-state index in [2.05, 4.69) is 20.8 Å². The van der Waals surface area contributed by atoms with Crippen LogP contribution in [0.5, 0.6) is 0 Å². The minimum absolute atomic E-state index is 0.182. The van der Waals surface area contributed by atoms with Gasteiger partial charge in [0.15, 0.2) is 0 Å². The van der Waals surface area contributed by atoms with E-state index in [-0.39, 0.29) is 11.3 Å². The number of carboxylic acid groups (broad SMARTS) is 1. The molecule has 2 atom stereocenters. The van der Waals surface area contributed by atoms with Crippen molar-refractivity contribution in [2.24, 2.45) is 17.3 Å². The molecule has 4 heteroatoms. The van der Waals surface area contributed by atoms with Gasteiger partial charge < -0.3 is 10.0 Å². The average molecular weight is 227 g/mol. The number of nitrogens with zero attached hydrogens (tertiary/aromatic N) is 1. The lowest BCUT2D eigenvalue weighted by molar-refractivity contribution is -0.149. The third kappa shape index (κ3) is 2.74. The van der Waals surface area contributed by atoms with Crippen molar-refractivity contribution in [1.82, 2.24) is 4.90 Å². The SMILES string of the molecule is CC(C(=O)O)C(=O)N1CCC(C(C)(C)C)C1. The van der Waals surface area contributed by atoms with E-state index in [4.69, 9.17) is 5.11 Å². The van der Waals surface area contributed by atoms with Gasteiger partial charge in [-0.05, 0) is 24.7 Å². The van der Waals surface area contributed by atoms with E-state index in [1.165, 1.54) is 6.92 Å². The summed E-state index contributed by atoms with van der Waals surface area (Å²) in [6.07, 6.45) is 0.974. The molecule has 0 aliphatic carbocycles. The molecule has 1 N–H and O–H groups in total. The molecule has 0 saturated carbocycles. The van der Waals surface area contributed by atoms with Crippen molar-refractivity contribution in [3.63, 3.8) is 0 Å². The molecular weight excluding hydrogens is 206 g/mol. The molecule has 0 aromatic carbocycles. The van der Waals surface area contributed by atoms with Crippen LogP contribution in [0.15, 0.2) is 0 Å². The van der Waals surface area contributed by atoms with E-state index in [0.29, 0.717) is 19.0 Å². The first-order valence-electron chi connectivity index (χ1n) is 5.75. The topological polar surface area (TPSA) is 57.6 Å². The number of carbonyl (C=O) groups is 2. The number of aliphatic carboxylic acids is 1. The molecule has 1 aliphatic rings. The van der Waals surface area contributed by atoms with Gasteiger partial charge >= 0.3 is 5.97 Å². The first-order chi connectivity index (χ1) is 7.23. The second-order valence-electron chi connectivity index (χ2n) is 5.70. The second kappa shape index (κ2) is 4.44. The van der Waals surface area contributed by atoms with E-state index in [1.807, 2.05) is 0 Å². The number of likely N-dealkylation sites (tertiary alicyclic amines) is 1. The lowest BCUT2D eigenvalue weighted by atomic mass is 9.80. The van der Waals surface area contributed by atoms with Crippen molar-refractivity contribution in [3.8, 4) is 0 Å². The van der Waals surface area contributed by atoms with Gasteiger partial charge in [0.2, 0.25) is 5.91 Å². The van der Waals surface area contributed by atoms with Crippen molar-refractivity contribution < 1.29 is 14.7 Å². The minimum Gasteiger partial charge on any atom is -0.481 e. The summed E-state index contributed by atoms with van der Waals surface area (Å²) < 4.78 is 0. The van der Waals surface area contributed by atoms with Gasteiger partial charge in [-0.15, -0.1) is 0 Å². The van der Waals surface area contributed by atoms with E-state index >= 15 is 0 Å². The molecule has 0 bridgehead atoms. The van der Waals surface area contributed by atoms with Crippen LogP contribution in [-0.4, -0.2) is 35.0 Å². The van der Waals surface area contributed by atoms with Crippen LogP contribution < -0.4 is 0 Å². The zero-order valence-corrected chi connectivity index (χ0v) is 10.5. The Morgan fingerprint density at radius 3 is 2.31 bits per heavy atom. The quantitative estimate of drug-likeness (QED) is 0.729. The molecule has 0 aromatic rings. The number of amides is 1. The molecular formula is C12H21NO3. The molecule has 1 rings (SSSR count). The first kappa shape index (κ1) is 13.0. The summed E-state index contributed by atoms with van der Waals surface area (Å²) in [5.74, 6) is -1.74. The van der Waals surface area contributed by atoms with Crippen LogP contribution in [0.2, 0.25) is 0 Å². The Morgan fingerprint density at radius 1 is 1.38 bits per heavy atom. The van der Waals surface area contributed by atoms with Gasteiger partial charge in [-0.3, -0.25) is 9.59 Å². The summed E-state index contributed by atoms with van der Waals surface area (Å²) in [5.41, 5.74) is 0.182. The summed E-state index contributed by atoms with van der Waals surface area (Å²) in [6.45, 7) is 9.32. The van der Waals surface area contributed by atoms with Gasteiger partial charge in [0.25, 0.3) is 0 Å². The van der Waals surface area contributed by atoms with Crippen molar-refractivity contribution in [1.29, 1.82) is 0 Å². The molecule has 0 aromatic heterocycles. The highest BCUT2D eigenvalue weighted by atomic mass is 16.4. The van der Waals surface area contributed by atoms with Gasteiger partial charge in [-0.25, -0.2) is 0 Å². The molecule has 16 heavy (non-hydrogen) atoms. The third-order valence-corrected chi connectivity index (χ3v) is 3.47. The smallest absolute Gasteiger partial charge is 0.315 e. The fraction of sp³-hybridized carbons (Fsp3) is 0.833. The maximum atomic E-state index is 11.8. The molecule has 0 radical (unpaired) electrons. The lowest BCUT2D eigenvalue weighted by Crippen LogP contribution is -2.37. The molecule has 1 heterocycles. The molecule has 4 nitrogen and oxygen atoms in total.